The SMILES string of the molecule is COC(=O)c1ccc(C)c(NC(=O)COC(=O)CCc2ccc(-c3ccccc3F)o2)c1. The molecule has 0 atom stereocenters. The van der Waals surface area contributed by atoms with Crippen molar-refractivity contribution in [2.75, 3.05) is 19.0 Å². The summed E-state index contributed by atoms with van der Waals surface area (Å²) < 4.78 is 29.1. The molecule has 1 heterocycles. The summed E-state index contributed by atoms with van der Waals surface area (Å²) in [6.07, 6.45) is 0.240. The van der Waals surface area contributed by atoms with Crippen LogP contribution >= 0.6 is 0 Å². The third-order valence-electron chi connectivity index (χ3n) is 4.67. The van der Waals surface area contributed by atoms with Gasteiger partial charge in [-0.3, -0.25) is 9.59 Å². The average Bonchev–Trinajstić information content (AvgIpc) is 3.26. The predicted octanol–water partition coefficient (Wildman–Crippen LogP) is 4.30. The second-order valence-corrected chi connectivity index (χ2v) is 6.98. The number of benzene rings is 2. The molecule has 0 saturated heterocycles. The maximum absolute atomic E-state index is 13.8. The van der Waals surface area contributed by atoms with Gasteiger partial charge in [-0.1, -0.05) is 18.2 Å². The topological polar surface area (TPSA) is 94.8 Å². The van der Waals surface area contributed by atoms with E-state index in [1.165, 1.54) is 19.2 Å². The molecule has 32 heavy (non-hydrogen) atoms. The second-order valence-electron chi connectivity index (χ2n) is 6.98. The fourth-order valence-corrected chi connectivity index (χ4v) is 2.95. The van der Waals surface area contributed by atoms with E-state index in [1.54, 1.807) is 49.4 Å². The van der Waals surface area contributed by atoms with Crippen molar-refractivity contribution in [1.29, 1.82) is 0 Å². The van der Waals surface area contributed by atoms with E-state index in [-0.39, 0.29) is 12.8 Å². The van der Waals surface area contributed by atoms with Crippen molar-refractivity contribution < 1.29 is 32.7 Å². The van der Waals surface area contributed by atoms with Gasteiger partial charge in [-0.15, -0.1) is 0 Å². The number of esters is 2. The van der Waals surface area contributed by atoms with Crippen LogP contribution in [0.4, 0.5) is 10.1 Å². The fourth-order valence-electron chi connectivity index (χ4n) is 2.95. The van der Waals surface area contributed by atoms with E-state index in [9.17, 15) is 18.8 Å². The Morgan fingerprint density at radius 3 is 2.59 bits per heavy atom. The number of rotatable bonds is 8. The molecule has 8 heteroatoms. The first-order chi connectivity index (χ1) is 15.4. The van der Waals surface area contributed by atoms with Gasteiger partial charge in [-0.25, -0.2) is 9.18 Å². The lowest BCUT2D eigenvalue weighted by molar-refractivity contribution is -0.147. The second kappa shape index (κ2) is 10.4. The Kier molecular flexibility index (Phi) is 7.38. The molecule has 0 saturated carbocycles. The minimum absolute atomic E-state index is 0.00560. The highest BCUT2D eigenvalue weighted by atomic mass is 19.1. The summed E-state index contributed by atoms with van der Waals surface area (Å²) in [5.74, 6) is -1.17. The van der Waals surface area contributed by atoms with Gasteiger partial charge in [-0.05, 0) is 48.9 Å². The zero-order valence-corrected chi connectivity index (χ0v) is 17.6. The van der Waals surface area contributed by atoms with E-state index in [0.29, 0.717) is 28.3 Å². The summed E-state index contributed by atoms with van der Waals surface area (Å²) in [5, 5.41) is 2.61. The van der Waals surface area contributed by atoms with Crippen molar-refractivity contribution in [3.8, 4) is 11.3 Å². The highest BCUT2D eigenvalue weighted by Gasteiger charge is 2.14. The van der Waals surface area contributed by atoms with Gasteiger partial charge in [0.2, 0.25) is 0 Å². The van der Waals surface area contributed by atoms with E-state index < -0.39 is 30.3 Å². The summed E-state index contributed by atoms with van der Waals surface area (Å²) in [6, 6.07) is 14.3. The summed E-state index contributed by atoms with van der Waals surface area (Å²) in [7, 11) is 1.27. The molecule has 0 aliphatic heterocycles. The molecular formula is C24H22FNO6. The van der Waals surface area contributed by atoms with Gasteiger partial charge in [0.15, 0.2) is 6.61 Å². The number of aryl methyl sites for hydroxylation is 2. The number of hydrogen-bond donors (Lipinski definition) is 1. The minimum Gasteiger partial charge on any atom is -0.465 e. The van der Waals surface area contributed by atoms with E-state index in [1.807, 2.05) is 0 Å². The van der Waals surface area contributed by atoms with Crippen LogP contribution in [0.2, 0.25) is 0 Å². The van der Waals surface area contributed by atoms with Gasteiger partial charge in [-0.2, -0.15) is 0 Å². The fraction of sp³-hybridized carbons (Fsp3) is 0.208. The van der Waals surface area contributed by atoms with Crippen LogP contribution in [-0.2, 0) is 25.5 Å². The lowest BCUT2D eigenvalue weighted by Crippen LogP contribution is -2.21. The molecule has 7 nitrogen and oxygen atoms in total. The Morgan fingerprint density at radius 2 is 1.84 bits per heavy atom. The highest BCUT2D eigenvalue weighted by Crippen LogP contribution is 2.25. The average molecular weight is 439 g/mol. The molecule has 3 aromatic rings. The van der Waals surface area contributed by atoms with Crippen molar-refractivity contribution >= 4 is 23.5 Å². The number of halogens is 1. The van der Waals surface area contributed by atoms with Crippen LogP contribution in [-0.4, -0.2) is 31.6 Å². The first kappa shape index (κ1) is 22.7. The van der Waals surface area contributed by atoms with Crippen molar-refractivity contribution in [3.05, 3.63) is 77.3 Å². The maximum Gasteiger partial charge on any atom is 0.337 e. The van der Waals surface area contributed by atoms with E-state index in [2.05, 4.69) is 10.1 Å². The molecule has 1 N–H and O–H groups in total. The largest absolute Gasteiger partial charge is 0.465 e. The van der Waals surface area contributed by atoms with Gasteiger partial charge >= 0.3 is 11.9 Å². The number of furan rings is 1. The molecule has 0 aliphatic rings. The predicted molar refractivity (Wildman–Crippen MR) is 115 cm³/mol. The first-order valence-corrected chi connectivity index (χ1v) is 9.85. The highest BCUT2D eigenvalue weighted by molar-refractivity contribution is 5.96. The van der Waals surface area contributed by atoms with Crippen LogP contribution in [0.25, 0.3) is 11.3 Å². The van der Waals surface area contributed by atoms with Crippen molar-refractivity contribution in [3.63, 3.8) is 0 Å². The molecule has 2 aromatic carbocycles. The molecule has 0 fully saturated rings. The lowest BCUT2D eigenvalue weighted by atomic mass is 10.1. The smallest absolute Gasteiger partial charge is 0.337 e. The number of amides is 1. The Hall–Kier alpha value is -3.94. The Morgan fingerprint density at radius 1 is 1.06 bits per heavy atom. The standard InChI is InChI=1S/C24H22FNO6/c1-15-7-8-16(24(29)30-2)13-20(15)26-22(27)14-31-23(28)12-10-17-9-11-21(32-17)18-5-3-4-6-19(18)25/h3-9,11,13H,10,12,14H2,1-2H3,(H,26,27). The van der Waals surface area contributed by atoms with Crippen LogP contribution in [0.1, 0.15) is 28.1 Å². The van der Waals surface area contributed by atoms with Crippen LogP contribution < -0.4 is 5.32 Å². The molecule has 166 valence electrons. The monoisotopic (exact) mass is 439 g/mol. The Labute approximate surface area is 184 Å². The van der Waals surface area contributed by atoms with E-state index in [4.69, 9.17) is 9.15 Å². The molecule has 3 rings (SSSR count). The number of hydrogen-bond acceptors (Lipinski definition) is 6. The van der Waals surface area contributed by atoms with Crippen molar-refractivity contribution in [2.45, 2.75) is 19.8 Å². The minimum atomic E-state index is -0.580. The van der Waals surface area contributed by atoms with Gasteiger partial charge < -0.3 is 19.2 Å². The van der Waals surface area contributed by atoms with Gasteiger partial charge in [0.05, 0.1) is 24.7 Å². The van der Waals surface area contributed by atoms with Crippen molar-refractivity contribution in [2.24, 2.45) is 0 Å². The molecule has 1 aromatic heterocycles. The van der Waals surface area contributed by atoms with Crippen molar-refractivity contribution in [1.82, 2.24) is 0 Å². The Balaban J connectivity index is 1.48. The van der Waals surface area contributed by atoms with Gasteiger partial charge in [0.1, 0.15) is 17.3 Å². The van der Waals surface area contributed by atoms with Crippen LogP contribution in [0.3, 0.4) is 0 Å². The summed E-state index contributed by atoms with van der Waals surface area (Å²) in [4.78, 5) is 35.8. The van der Waals surface area contributed by atoms with Crippen LogP contribution in [0.15, 0.2) is 59.0 Å². The zero-order chi connectivity index (χ0) is 23.1. The van der Waals surface area contributed by atoms with Crippen LogP contribution in [0.5, 0.6) is 0 Å². The summed E-state index contributed by atoms with van der Waals surface area (Å²) in [6.45, 7) is 1.29. The van der Waals surface area contributed by atoms with Gasteiger partial charge in [0.25, 0.3) is 5.91 Å². The maximum atomic E-state index is 13.8. The first-order valence-electron chi connectivity index (χ1n) is 9.85. The number of carbonyl (C=O) groups is 3. The summed E-state index contributed by atoms with van der Waals surface area (Å²) in [5.41, 5.74) is 1.79. The third kappa shape index (κ3) is 5.81. The van der Waals surface area contributed by atoms with Crippen LogP contribution in [0, 0.1) is 12.7 Å². The molecule has 0 aliphatic carbocycles. The molecule has 0 bridgehead atoms. The molecule has 0 unspecified atom stereocenters. The Bertz CT molecular complexity index is 1140. The molecule has 0 spiro atoms. The number of methoxy groups -OCH3 is 1. The number of ether oxygens (including phenoxy) is 2. The summed E-state index contributed by atoms with van der Waals surface area (Å²) >= 11 is 0. The normalized spacial score (nSPS) is 10.5. The molecule has 1 amide bonds. The van der Waals surface area contributed by atoms with E-state index in [0.717, 1.165) is 5.56 Å². The number of anilines is 1. The lowest BCUT2D eigenvalue weighted by Gasteiger charge is -2.10. The third-order valence-corrected chi connectivity index (χ3v) is 4.67. The molecule has 0 radical (unpaired) electrons. The number of carbonyl (C=O) groups excluding carboxylic acids is 3. The van der Waals surface area contributed by atoms with E-state index >= 15 is 0 Å². The number of nitrogens with one attached hydrogen (secondary N) is 1. The van der Waals surface area contributed by atoms with Gasteiger partial charge in [0, 0.05) is 12.1 Å². The quantitative estimate of drug-likeness (QED) is 0.526. The zero-order valence-electron chi connectivity index (χ0n) is 17.6. The molecular weight excluding hydrogens is 417 g/mol.